The molecular weight excluding hydrogens is 234 g/mol. The van der Waals surface area contributed by atoms with E-state index in [1.807, 2.05) is 65.5 Å². The molecule has 1 heterocycles. The van der Waals surface area contributed by atoms with Crippen LogP contribution in [0.3, 0.4) is 0 Å². The fourth-order valence-corrected chi connectivity index (χ4v) is 1.36. The van der Waals surface area contributed by atoms with E-state index in [9.17, 15) is 4.79 Å². The summed E-state index contributed by atoms with van der Waals surface area (Å²) in [6.07, 6.45) is 7.08. The van der Waals surface area contributed by atoms with Crippen molar-refractivity contribution in [2.45, 2.75) is 0 Å². The van der Waals surface area contributed by atoms with Gasteiger partial charge in [0.2, 0.25) is 0 Å². The highest BCUT2D eigenvalue weighted by Crippen LogP contribution is 2.00. The van der Waals surface area contributed by atoms with Crippen LogP contribution in [0, 0.1) is 0 Å². The minimum atomic E-state index is 0. The van der Waals surface area contributed by atoms with Crippen molar-refractivity contribution >= 4 is 12.0 Å². The van der Waals surface area contributed by atoms with E-state index in [0.29, 0.717) is 5.56 Å². The van der Waals surface area contributed by atoms with Crippen molar-refractivity contribution in [1.29, 1.82) is 0 Å². The van der Waals surface area contributed by atoms with E-state index in [0.717, 1.165) is 0 Å². The molecule has 1 aromatic carbocycles. The molecule has 2 nitrogen and oxygen atoms in total. The summed E-state index contributed by atoms with van der Waals surface area (Å²) < 4.78 is 1.83. The lowest BCUT2D eigenvalue weighted by atomic mass is 10.1. The lowest BCUT2D eigenvalue weighted by Crippen LogP contribution is -3.00. The molecule has 0 aliphatic carbocycles. The third-order valence-electron chi connectivity index (χ3n) is 2.19. The Morgan fingerprint density at radius 3 is 2.18 bits per heavy atom. The Hall–Kier alpha value is -1.93. The molecule has 0 N–H and O–H groups in total. The van der Waals surface area contributed by atoms with Gasteiger partial charge in [-0.2, -0.15) is 4.57 Å². The molecule has 0 bridgehead atoms. The Labute approximate surface area is 107 Å². The fraction of sp³-hybridized carbons (Fsp3) is 0. The maximum Gasteiger partial charge on any atom is 0.191 e. The normalized spacial score (nSPS) is 9.88. The van der Waals surface area contributed by atoms with Crippen molar-refractivity contribution in [1.82, 2.24) is 0 Å². The van der Waals surface area contributed by atoms with Gasteiger partial charge in [0.05, 0.1) is 6.08 Å². The van der Waals surface area contributed by atoms with Crippen LogP contribution in [0.25, 0.3) is 6.20 Å². The molecular formula is C14H12ClNO. The monoisotopic (exact) mass is 245 g/mol. The molecule has 86 valence electrons. The number of aromatic nitrogens is 1. The minimum Gasteiger partial charge on any atom is -1.00 e. The first-order valence-electron chi connectivity index (χ1n) is 5.09. The first-order valence-corrected chi connectivity index (χ1v) is 5.09. The number of carbonyl (C=O) groups excluding carboxylic acids is 1. The van der Waals surface area contributed by atoms with Crippen LogP contribution in [0.2, 0.25) is 0 Å². The SMILES string of the molecule is O=C(C=C[n+]1ccccc1)c1ccccc1.[Cl-]. The molecule has 0 atom stereocenters. The summed E-state index contributed by atoms with van der Waals surface area (Å²) in [5.74, 6) is 0.0111. The van der Waals surface area contributed by atoms with Gasteiger partial charge in [0, 0.05) is 17.7 Å². The van der Waals surface area contributed by atoms with Gasteiger partial charge in [-0.3, -0.25) is 4.79 Å². The number of halogens is 1. The van der Waals surface area contributed by atoms with Gasteiger partial charge in [-0.15, -0.1) is 0 Å². The second kappa shape index (κ2) is 6.61. The van der Waals surface area contributed by atoms with Crippen molar-refractivity contribution in [2.24, 2.45) is 0 Å². The molecule has 0 saturated heterocycles. The summed E-state index contributed by atoms with van der Waals surface area (Å²) in [5, 5.41) is 0. The zero-order chi connectivity index (χ0) is 11.2. The van der Waals surface area contributed by atoms with Gasteiger partial charge in [0.1, 0.15) is 0 Å². The topological polar surface area (TPSA) is 20.9 Å². The summed E-state index contributed by atoms with van der Waals surface area (Å²) >= 11 is 0. The Morgan fingerprint density at radius 2 is 1.53 bits per heavy atom. The number of pyridine rings is 1. The van der Waals surface area contributed by atoms with E-state index in [2.05, 4.69) is 0 Å². The van der Waals surface area contributed by atoms with E-state index >= 15 is 0 Å². The number of allylic oxidation sites excluding steroid dienone is 1. The van der Waals surface area contributed by atoms with Gasteiger partial charge in [-0.25, -0.2) is 0 Å². The molecule has 1 aromatic heterocycles. The van der Waals surface area contributed by atoms with Crippen LogP contribution >= 0.6 is 0 Å². The summed E-state index contributed by atoms with van der Waals surface area (Å²) in [7, 11) is 0. The molecule has 2 aromatic rings. The number of hydrogen-bond acceptors (Lipinski definition) is 1. The smallest absolute Gasteiger partial charge is 0.191 e. The fourth-order valence-electron chi connectivity index (χ4n) is 1.36. The van der Waals surface area contributed by atoms with E-state index in [4.69, 9.17) is 0 Å². The van der Waals surface area contributed by atoms with Crippen LogP contribution in [0.1, 0.15) is 10.4 Å². The summed E-state index contributed by atoms with van der Waals surface area (Å²) in [6, 6.07) is 15.0. The van der Waals surface area contributed by atoms with Gasteiger partial charge in [-0.05, 0) is 0 Å². The molecule has 0 amide bonds. The molecule has 0 spiro atoms. The predicted molar refractivity (Wildman–Crippen MR) is 62.7 cm³/mol. The Morgan fingerprint density at radius 1 is 0.941 bits per heavy atom. The predicted octanol–water partition coefficient (Wildman–Crippen LogP) is -0.668. The maximum atomic E-state index is 11.7. The van der Waals surface area contributed by atoms with Crippen molar-refractivity contribution < 1.29 is 21.8 Å². The Kier molecular flexibility index (Phi) is 5.11. The third kappa shape index (κ3) is 3.85. The molecule has 0 fully saturated rings. The van der Waals surface area contributed by atoms with Gasteiger partial charge >= 0.3 is 0 Å². The number of hydrogen-bond donors (Lipinski definition) is 0. The van der Waals surface area contributed by atoms with Crippen LogP contribution in [0.5, 0.6) is 0 Å². The summed E-state index contributed by atoms with van der Waals surface area (Å²) in [4.78, 5) is 11.7. The molecule has 0 unspecified atom stereocenters. The van der Waals surface area contributed by atoms with E-state index in [1.165, 1.54) is 0 Å². The van der Waals surface area contributed by atoms with Crippen LogP contribution in [0.4, 0.5) is 0 Å². The minimum absolute atomic E-state index is 0. The summed E-state index contributed by atoms with van der Waals surface area (Å²) in [6.45, 7) is 0. The lowest BCUT2D eigenvalue weighted by Gasteiger charge is -1.92. The molecule has 0 aliphatic rings. The van der Waals surface area contributed by atoms with E-state index in [-0.39, 0.29) is 18.2 Å². The number of benzene rings is 1. The average molecular weight is 246 g/mol. The second-order valence-corrected chi connectivity index (χ2v) is 3.37. The first-order chi connectivity index (χ1) is 7.86. The molecule has 0 saturated carbocycles. The van der Waals surface area contributed by atoms with Crippen LogP contribution in [0.15, 0.2) is 67.0 Å². The second-order valence-electron chi connectivity index (χ2n) is 3.37. The summed E-state index contributed by atoms with van der Waals surface area (Å²) in [5.41, 5.74) is 0.704. The van der Waals surface area contributed by atoms with Gasteiger partial charge in [0.15, 0.2) is 24.4 Å². The standard InChI is InChI=1S/C14H12NO.ClH/c16-14(13-7-3-1-4-8-13)9-12-15-10-5-2-6-11-15;/h1-12H;1H/q+1;/p-1. The largest absolute Gasteiger partial charge is 1.00 e. The lowest BCUT2D eigenvalue weighted by molar-refractivity contribution is -0.568. The quantitative estimate of drug-likeness (QED) is 0.399. The third-order valence-corrected chi connectivity index (χ3v) is 2.19. The highest BCUT2D eigenvalue weighted by atomic mass is 35.5. The number of carbonyl (C=O) groups is 1. The van der Waals surface area contributed by atoms with Crippen molar-refractivity contribution in [3.8, 4) is 0 Å². The number of rotatable bonds is 3. The van der Waals surface area contributed by atoms with Crippen molar-refractivity contribution in [3.63, 3.8) is 0 Å². The van der Waals surface area contributed by atoms with Crippen LogP contribution < -0.4 is 17.0 Å². The molecule has 2 rings (SSSR count). The zero-order valence-electron chi connectivity index (χ0n) is 9.16. The number of nitrogens with zero attached hydrogens (tertiary/aromatic N) is 1. The van der Waals surface area contributed by atoms with Gasteiger partial charge in [0.25, 0.3) is 0 Å². The molecule has 0 aliphatic heterocycles. The van der Waals surface area contributed by atoms with Crippen molar-refractivity contribution in [2.75, 3.05) is 0 Å². The zero-order valence-corrected chi connectivity index (χ0v) is 9.92. The van der Waals surface area contributed by atoms with Gasteiger partial charge < -0.3 is 12.4 Å². The van der Waals surface area contributed by atoms with E-state index in [1.54, 1.807) is 12.3 Å². The van der Waals surface area contributed by atoms with Crippen LogP contribution in [-0.2, 0) is 0 Å². The van der Waals surface area contributed by atoms with Crippen LogP contribution in [-0.4, -0.2) is 5.78 Å². The van der Waals surface area contributed by atoms with Crippen molar-refractivity contribution in [3.05, 3.63) is 72.6 Å². The van der Waals surface area contributed by atoms with E-state index < -0.39 is 0 Å². The first kappa shape index (κ1) is 13.1. The number of ketones is 1. The molecule has 17 heavy (non-hydrogen) atoms. The average Bonchev–Trinajstić information content (AvgIpc) is 2.38. The molecule has 3 heteroatoms. The Bertz CT molecular complexity index is 494. The highest BCUT2D eigenvalue weighted by Gasteiger charge is 2.01. The Balaban J connectivity index is 0.00000144. The molecule has 0 radical (unpaired) electrons. The highest BCUT2D eigenvalue weighted by molar-refractivity contribution is 6.05. The maximum absolute atomic E-state index is 11.7. The van der Waals surface area contributed by atoms with Gasteiger partial charge in [-0.1, -0.05) is 36.4 Å².